The monoisotopic (exact) mass is 428 g/mol. The number of aryl methyl sites for hydroxylation is 1. The molecule has 0 aliphatic heterocycles. The van der Waals surface area contributed by atoms with E-state index in [2.05, 4.69) is 5.32 Å². The van der Waals surface area contributed by atoms with Gasteiger partial charge < -0.3 is 10.2 Å². The van der Waals surface area contributed by atoms with Gasteiger partial charge in [-0.05, 0) is 35.6 Å². The molecule has 166 valence electrons. The molecule has 0 aliphatic carbocycles. The summed E-state index contributed by atoms with van der Waals surface area (Å²) >= 11 is 0. The van der Waals surface area contributed by atoms with Crippen molar-refractivity contribution in [2.24, 2.45) is 0 Å². The molecular formula is C28H32N2O2. The minimum absolute atomic E-state index is 0.0456. The van der Waals surface area contributed by atoms with Crippen molar-refractivity contribution in [2.75, 3.05) is 6.54 Å². The number of carbonyl (C=O) groups is 2. The average molecular weight is 429 g/mol. The van der Waals surface area contributed by atoms with Crippen LogP contribution in [0.2, 0.25) is 0 Å². The van der Waals surface area contributed by atoms with Crippen LogP contribution in [0.3, 0.4) is 0 Å². The Labute approximate surface area is 191 Å². The lowest BCUT2D eigenvalue weighted by molar-refractivity contribution is -0.140. The zero-order valence-corrected chi connectivity index (χ0v) is 19.0. The molecule has 1 atom stereocenters. The van der Waals surface area contributed by atoms with E-state index in [0.29, 0.717) is 19.5 Å². The number of nitrogens with one attached hydrogen (secondary N) is 1. The molecule has 0 aromatic heterocycles. The summed E-state index contributed by atoms with van der Waals surface area (Å²) in [6.45, 7) is 5.02. The van der Waals surface area contributed by atoms with Crippen LogP contribution in [-0.2, 0) is 29.0 Å². The minimum atomic E-state index is -0.583. The first-order valence-electron chi connectivity index (χ1n) is 11.3. The Morgan fingerprint density at radius 3 is 2.06 bits per heavy atom. The summed E-state index contributed by atoms with van der Waals surface area (Å²) in [5, 5.41) is 3.02. The number of rotatable bonds is 10. The molecule has 0 saturated heterocycles. The number of amides is 2. The fraction of sp³-hybridized carbons (Fsp3) is 0.286. The summed E-state index contributed by atoms with van der Waals surface area (Å²) in [6, 6.07) is 27.1. The lowest BCUT2D eigenvalue weighted by atomic mass is 10.00. The molecule has 0 bridgehead atoms. The van der Waals surface area contributed by atoms with Crippen molar-refractivity contribution < 1.29 is 9.59 Å². The Morgan fingerprint density at radius 1 is 0.844 bits per heavy atom. The van der Waals surface area contributed by atoms with Crippen LogP contribution in [0, 0.1) is 6.92 Å². The van der Waals surface area contributed by atoms with Crippen molar-refractivity contribution in [1.29, 1.82) is 0 Å². The number of hydrogen-bond donors (Lipinski definition) is 1. The molecule has 0 aliphatic rings. The Bertz CT molecular complexity index is 1000. The van der Waals surface area contributed by atoms with Crippen LogP contribution in [0.4, 0.5) is 0 Å². The quantitative estimate of drug-likeness (QED) is 0.509. The normalized spacial score (nSPS) is 11.6. The third-order valence-corrected chi connectivity index (χ3v) is 5.62. The van der Waals surface area contributed by atoms with Gasteiger partial charge in [0.2, 0.25) is 11.8 Å². The predicted octanol–water partition coefficient (Wildman–Crippen LogP) is 4.70. The molecule has 3 rings (SSSR count). The Morgan fingerprint density at radius 2 is 1.44 bits per heavy atom. The molecule has 0 spiro atoms. The molecule has 3 aromatic carbocycles. The lowest BCUT2D eigenvalue weighted by Crippen LogP contribution is -2.51. The van der Waals surface area contributed by atoms with Crippen LogP contribution in [-0.4, -0.2) is 29.3 Å². The Hall–Kier alpha value is -3.40. The van der Waals surface area contributed by atoms with E-state index >= 15 is 0 Å². The van der Waals surface area contributed by atoms with Gasteiger partial charge >= 0.3 is 0 Å². The maximum absolute atomic E-state index is 13.6. The van der Waals surface area contributed by atoms with Gasteiger partial charge in [0.05, 0.1) is 6.42 Å². The maximum atomic E-state index is 13.6. The first-order valence-corrected chi connectivity index (χ1v) is 11.3. The topological polar surface area (TPSA) is 49.4 Å². The summed E-state index contributed by atoms with van der Waals surface area (Å²) in [4.78, 5) is 28.6. The predicted molar refractivity (Wildman–Crippen MR) is 129 cm³/mol. The molecule has 0 fully saturated rings. The van der Waals surface area contributed by atoms with Crippen molar-refractivity contribution in [3.8, 4) is 0 Å². The second-order valence-electron chi connectivity index (χ2n) is 8.11. The van der Waals surface area contributed by atoms with Gasteiger partial charge in [0.1, 0.15) is 6.04 Å². The largest absolute Gasteiger partial charge is 0.354 e. The van der Waals surface area contributed by atoms with Crippen molar-refractivity contribution >= 4 is 11.8 Å². The molecule has 4 nitrogen and oxygen atoms in total. The fourth-order valence-corrected chi connectivity index (χ4v) is 3.77. The highest BCUT2D eigenvalue weighted by Crippen LogP contribution is 2.17. The second-order valence-corrected chi connectivity index (χ2v) is 8.11. The zero-order chi connectivity index (χ0) is 22.8. The van der Waals surface area contributed by atoms with E-state index in [1.54, 1.807) is 4.90 Å². The summed E-state index contributed by atoms with van der Waals surface area (Å²) < 4.78 is 0. The first kappa shape index (κ1) is 23.3. The lowest BCUT2D eigenvalue weighted by Gasteiger charge is -2.32. The summed E-state index contributed by atoms with van der Waals surface area (Å²) in [5.74, 6) is -0.152. The summed E-state index contributed by atoms with van der Waals surface area (Å²) in [5.41, 5.74) is 4.11. The maximum Gasteiger partial charge on any atom is 0.243 e. The van der Waals surface area contributed by atoms with E-state index in [-0.39, 0.29) is 18.2 Å². The van der Waals surface area contributed by atoms with Crippen LogP contribution in [0.1, 0.15) is 35.6 Å². The van der Waals surface area contributed by atoms with E-state index in [9.17, 15) is 9.59 Å². The highest BCUT2D eigenvalue weighted by atomic mass is 16.2. The highest BCUT2D eigenvalue weighted by molar-refractivity contribution is 5.89. The van der Waals surface area contributed by atoms with Crippen LogP contribution in [0.25, 0.3) is 0 Å². The molecule has 32 heavy (non-hydrogen) atoms. The summed E-state index contributed by atoms with van der Waals surface area (Å²) in [7, 11) is 0. The highest BCUT2D eigenvalue weighted by Gasteiger charge is 2.30. The minimum Gasteiger partial charge on any atom is -0.354 e. The smallest absolute Gasteiger partial charge is 0.243 e. The van der Waals surface area contributed by atoms with Crippen molar-refractivity contribution in [2.45, 2.75) is 45.7 Å². The third-order valence-electron chi connectivity index (χ3n) is 5.62. The second kappa shape index (κ2) is 11.8. The van der Waals surface area contributed by atoms with Gasteiger partial charge in [-0.1, -0.05) is 91.9 Å². The standard InChI is InChI=1S/C28H32N2O2/c1-3-18-29-28(32)26(19-23-13-6-4-7-14-23)30(21-24-15-8-5-9-16-24)27(31)20-25-17-11-10-12-22(25)2/h4-17,26H,3,18-21H2,1-2H3,(H,29,32)/t26-/m1/s1. The average Bonchev–Trinajstić information content (AvgIpc) is 2.82. The van der Waals surface area contributed by atoms with Gasteiger partial charge in [0.15, 0.2) is 0 Å². The summed E-state index contributed by atoms with van der Waals surface area (Å²) in [6.07, 6.45) is 1.59. The van der Waals surface area contributed by atoms with Crippen LogP contribution < -0.4 is 5.32 Å². The van der Waals surface area contributed by atoms with E-state index < -0.39 is 6.04 Å². The Kier molecular flexibility index (Phi) is 8.61. The van der Waals surface area contributed by atoms with E-state index in [4.69, 9.17) is 0 Å². The number of nitrogens with zero attached hydrogens (tertiary/aromatic N) is 1. The van der Waals surface area contributed by atoms with Gasteiger partial charge in [0.25, 0.3) is 0 Å². The molecule has 0 unspecified atom stereocenters. The van der Waals surface area contributed by atoms with Crippen LogP contribution >= 0.6 is 0 Å². The van der Waals surface area contributed by atoms with Gasteiger partial charge in [0, 0.05) is 19.5 Å². The van der Waals surface area contributed by atoms with Gasteiger partial charge in [-0.3, -0.25) is 9.59 Å². The van der Waals surface area contributed by atoms with Gasteiger partial charge in [-0.2, -0.15) is 0 Å². The molecule has 2 amide bonds. The first-order chi connectivity index (χ1) is 15.6. The molecule has 0 heterocycles. The van der Waals surface area contributed by atoms with Crippen molar-refractivity contribution in [1.82, 2.24) is 10.2 Å². The number of hydrogen-bond acceptors (Lipinski definition) is 2. The molecule has 1 N–H and O–H groups in total. The molecule has 3 aromatic rings. The van der Waals surface area contributed by atoms with Gasteiger partial charge in [-0.15, -0.1) is 0 Å². The SMILES string of the molecule is CCCNC(=O)[C@@H](Cc1ccccc1)N(Cc1ccccc1)C(=O)Cc1ccccc1C. The molecule has 0 radical (unpaired) electrons. The van der Waals surface area contributed by atoms with E-state index in [0.717, 1.165) is 28.7 Å². The van der Waals surface area contributed by atoms with Crippen LogP contribution in [0.5, 0.6) is 0 Å². The van der Waals surface area contributed by atoms with Gasteiger partial charge in [-0.25, -0.2) is 0 Å². The third kappa shape index (κ3) is 6.55. The molecular weight excluding hydrogens is 396 g/mol. The van der Waals surface area contributed by atoms with E-state index in [1.807, 2.05) is 98.8 Å². The number of benzene rings is 3. The van der Waals surface area contributed by atoms with Crippen molar-refractivity contribution in [3.05, 3.63) is 107 Å². The van der Waals surface area contributed by atoms with E-state index in [1.165, 1.54) is 0 Å². The fourth-order valence-electron chi connectivity index (χ4n) is 3.77. The Balaban J connectivity index is 1.94. The van der Waals surface area contributed by atoms with Crippen molar-refractivity contribution in [3.63, 3.8) is 0 Å². The van der Waals surface area contributed by atoms with Crippen LogP contribution in [0.15, 0.2) is 84.9 Å². The molecule has 4 heteroatoms. The number of carbonyl (C=O) groups excluding carboxylic acids is 2. The zero-order valence-electron chi connectivity index (χ0n) is 19.0. The molecule has 0 saturated carbocycles.